The van der Waals surface area contributed by atoms with Crippen molar-refractivity contribution in [2.45, 2.75) is 0 Å². The van der Waals surface area contributed by atoms with E-state index in [0.29, 0.717) is 5.56 Å². The van der Waals surface area contributed by atoms with Gasteiger partial charge in [0.25, 0.3) is 0 Å². The molecule has 218 valence electrons. The van der Waals surface area contributed by atoms with Crippen molar-refractivity contribution in [3.05, 3.63) is 157 Å². The third-order valence-electron chi connectivity index (χ3n) is 9.56. The number of rotatable bonds is 3. The predicted octanol–water partition coefficient (Wildman–Crippen LogP) is 11.3. The number of benzene rings is 7. The summed E-state index contributed by atoms with van der Waals surface area (Å²) in [5.41, 5.74) is 10.9. The number of furan rings is 1. The van der Waals surface area contributed by atoms with E-state index < -0.39 is 0 Å². The van der Waals surface area contributed by atoms with Crippen LogP contribution in [0.4, 0.5) is 0 Å². The van der Waals surface area contributed by atoms with E-state index in [1.54, 1.807) is 0 Å². The number of nitriles is 1. The molecule has 0 aliphatic rings. The molecule has 0 N–H and O–H groups in total. The average Bonchev–Trinajstić information content (AvgIpc) is 3.79. The third kappa shape index (κ3) is 3.63. The molecule has 4 heteroatoms. The molecular weight excluding hydrogens is 574 g/mol. The summed E-state index contributed by atoms with van der Waals surface area (Å²) in [5, 5.41) is 16.9. The maximum atomic E-state index is 10.0. The lowest BCUT2D eigenvalue weighted by molar-refractivity contribution is 0.671. The first kappa shape index (κ1) is 25.7. The Kier molecular flexibility index (Phi) is 5.32. The zero-order chi connectivity index (χ0) is 31.1. The lowest BCUT2D eigenvalue weighted by Gasteiger charge is -2.15. The fourth-order valence-electron chi connectivity index (χ4n) is 7.50. The second-order valence-corrected chi connectivity index (χ2v) is 12.0. The second-order valence-electron chi connectivity index (χ2n) is 12.0. The predicted molar refractivity (Wildman–Crippen MR) is 193 cm³/mol. The average molecular weight is 600 g/mol. The van der Waals surface area contributed by atoms with Crippen LogP contribution in [0.1, 0.15) is 5.56 Å². The molecule has 3 heterocycles. The van der Waals surface area contributed by atoms with Crippen LogP contribution in [0.25, 0.3) is 88.1 Å². The fourth-order valence-corrected chi connectivity index (χ4v) is 7.50. The van der Waals surface area contributed by atoms with E-state index in [1.807, 2.05) is 24.3 Å². The number of hydrogen-bond acceptors (Lipinski definition) is 2. The monoisotopic (exact) mass is 599 g/mol. The first-order valence-corrected chi connectivity index (χ1v) is 15.8. The van der Waals surface area contributed by atoms with Gasteiger partial charge >= 0.3 is 0 Å². The summed E-state index contributed by atoms with van der Waals surface area (Å²) >= 11 is 0. The molecule has 47 heavy (non-hydrogen) atoms. The van der Waals surface area contributed by atoms with Gasteiger partial charge in [-0.05, 0) is 60.2 Å². The molecule has 0 aliphatic carbocycles. The van der Waals surface area contributed by atoms with Gasteiger partial charge in [-0.3, -0.25) is 0 Å². The standard InChI is InChI=1S/C43H25N3O/c44-26-27-17-22-30(28-18-20-29(21-19-28)45-37-13-5-1-9-31(37)32-10-2-6-14-38(32)45)40(25-27)46-39-15-7-3-11-33(39)35-23-24-36-34-12-4-8-16-41(34)47-43(36)42(35)46/h1-25H. The van der Waals surface area contributed by atoms with Crippen LogP contribution in [-0.2, 0) is 0 Å². The normalized spacial score (nSPS) is 11.8. The Morgan fingerprint density at radius 1 is 0.489 bits per heavy atom. The molecule has 0 atom stereocenters. The van der Waals surface area contributed by atoms with E-state index in [4.69, 9.17) is 4.42 Å². The lowest BCUT2D eigenvalue weighted by atomic mass is 10.0. The Morgan fingerprint density at radius 3 is 1.74 bits per heavy atom. The van der Waals surface area contributed by atoms with Crippen molar-refractivity contribution in [3.63, 3.8) is 0 Å². The number of aromatic nitrogens is 2. The highest BCUT2D eigenvalue weighted by Crippen LogP contribution is 2.42. The molecule has 10 aromatic rings. The molecule has 0 spiro atoms. The summed E-state index contributed by atoms with van der Waals surface area (Å²) in [6, 6.07) is 55.3. The second kappa shape index (κ2) is 9.71. The van der Waals surface area contributed by atoms with Gasteiger partial charge in [-0.2, -0.15) is 5.26 Å². The minimum absolute atomic E-state index is 0.605. The first-order valence-electron chi connectivity index (χ1n) is 15.8. The minimum atomic E-state index is 0.605. The van der Waals surface area contributed by atoms with E-state index in [-0.39, 0.29) is 0 Å². The Balaban J connectivity index is 1.24. The SMILES string of the molecule is N#Cc1ccc(-c2ccc(-n3c4ccccc4c4ccccc43)cc2)c(-n2c3ccccc3c3ccc4c5ccccc5oc4c32)c1. The van der Waals surface area contributed by atoms with Crippen LogP contribution in [0.15, 0.2) is 156 Å². The Hall–Kier alpha value is -6.57. The molecule has 0 bridgehead atoms. The van der Waals surface area contributed by atoms with Crippen LogP contribution < -0.4 is 0 Å². The zero-order valence-corrected chi connectivity index (χ0v) is 25.2. The molecule has 7 aromatic carbocycles. The maximum absolute atomic E-state index is 10.0. The smallest absolute Gasteiger partial charge is 0.160 e. The van der Waals surface area contributed by atoms with E-state index in [1.165, 1.54) is 21.8 Å². The van der Waals surface area contributed by atoms with E-state index in [9.17, 15) is 5.26 Å². The lowest BCUT2D eigenvalue weighted by Crippen LogP contribution is -1.99. The molecular formula is C43H25N3O. The van der Waals surface area contributed by atoms with Crippen molar-refractivity contribution in [3.8, 4) is 28.6 Å². The number of hydrogen-bond donors (Lipinski definition) is 0. The van der Waals surface area contributed by atoms with Crippen molar-refractivity contribution in [2.75, 3.05) is 0 Å². The van der Waals surface area contributed by atoms with Gasteiger partial charge in [0.2, 0.25) is 0 Å². The minimum Gasteiger partial charge on any atom is -0.454 e. The maximum Gasteiger partial charge on any atom is 0.160 e. The molecule has 0 amide bonds. The van der Waals surface area contributed by atoms with Crippen LogP contribution in [0.3, 0.4) is 0 Å². The number of para-hydroxylation sites is 4. The molecule has 0 saturated carbocycles. The van der Waals surface area contributed by atoms with Crippen LogP contribution in [0.2, 0.25) is 0 Å². The van der Waals surface area contributed by atoms with Gasteiger partial charge < -0.3 is 13.6 Å². The molecule has 0 saturated heterocycles. The largest absolute Gasteiger partial charge is 0.454 e. The van der Waals surface area contributed by atoms with Gasteiger partial charge in [-0.15, -0.1) is 0 Å². The fraction of sp³-hybridized carbons (Fsp3) is 0. The summed E-state index contributed by atoms with van der Waals surface area (Å²) in [5.74, 6) is 0. The Labute approximate surface area is 269 Å². The van der Waals surface area contributed by atoms with E-state index >= 15 is 0 Å². The molecule has 3 aromatic heterocycles. The van der Waals surface area contributed by atoms with Crippen molar-refractivity contribution in [1.82, 2.24) is 9.13 Å². The summed E-state index contributed by atoms with van der Waals surface area (Å²) < 4.78 is 11.2. The Bertz CT molecular complexity index is 2860. The van der Waals surface area contributed by atoms with Crippen LogP contribution in [0, 0.1) is 11.3 Å². The van der Waals surface area contributed by atoms with Gasteiger partial charge in [0, 0.05) is 43.6 Å². The van der Waals surface area contributed by atoms with Crippen molar-refractivity contribution >= 4 is 65.6 Å². The molecule has 0 fully saturated rings. The summed E-state index contributed by atoms with van der Waals surface area (Å²) in [6.07, 6.45) is 0. The first-order chi connectivity index (χ1) is 23.3. The summed E-state index contributed by atoms with van der Waals surface area (Å²) in [6.45, 7) is 0. The topological polar surface area (TPSA) is 46.8 Å². The number of nitrogens with zero attached hydrogens (tertiary/aromatic N) is 3. The van der Waals surface area contributed by atoms with Gasteiger partial charge in [-0.25, -0.2) is 0 Å². The molecule has 4 nitrogen and oxygen atoms in total. The highest BCUT2D eigenvalue weighted by molar-refractivity contribution is 6.21. The zero-order valence-electron chi connectivity index (χ0n) is 25.2. The van der Waals surface area contributed by atoms with E-state index in [0.717, 1.165) is 66.2 Å². The van der Waals surface area contributed by atoms with Gasteiger partial charge in [0.05, 0.1) is 39.4 Å². The molecule has 0 radical (unpaired) electrons. The van der Waals surface area contributed by atoms with Gasteiger partial charge in [0.1, 0.15) is 5.58 Å². The highest BCUT2D eigenvalue weighted by atomic mass is 16.3. The summed E-state index contributed by atoms with van der Waals surface area (Å²) in [7, 11) is 0. The Morgan fingerprint density at radius 2 is 1.06 bits per heavy atom. The number of fused-ring (bicyclic) bond motifs is 10. The highest BCUT2D eigenvalue weighted by Gasteiger charge is 2.21. The quantitative estimate of drug-likeness (QED) is 0.203. The summed E-state index contributed by atoms with van der Waals surface area (Å²) in [4.78, 5) is 0. The van der Waals surface area contributed by atoms with Crippen LogP contribution in [0.5, 0.6) is 0 Å². The van der Waals surface area contributed by atoms with Crippen molar-refractivity contribution < 1.29 is 4.42 Å². The van der Waals surface area contributed by atoms with Crippen LogP contribution in [-0.4, -0.2) is 9.13 Å². The van der Waals surface area contributed by atoms with Gasteiger partial charge in [-0.1, -0.05) is 97.1 Å². The molecule has 0 unspecified atom stereocenters. The van der Waals surface area contributed by atoms with Crippen molar-refractivity contribution in [1.29, 1.82) is 5.26 Å². The molecule has 0 aliphatic heterocycles. The molecule has 10 rings (SSSR count). The van der Waals surface area contributed by atoms with Gasteiger partial charge in [0.15, 0.2) is 5.58 Å². The van der Waals surface area contributed by atoms with Crippen molar-refractivity contribution in [2.24, 2.45) is 0 Å². The third-order valence-corrected chi connectivity index (χ3v) is 9.56. The van der Waals surface area contributed by atoms with Crippen LogP contribution >= 0.6 is 0 Å². The van der Waals surface area contributed by atoms with E-state index in [2.05, 4.69) is 143 Å².